The van der Waals surface area contributed by atoms with Crippen molar-refractivity contribution in [3.8, 4) is 11.3 Å². The number of anilines is 1. The summed E-state index contributed by atoms with van der Waals surface area (Å²) in [4.78, 5) is 17.5. The van der Waals surface area contributed by atoms with Crippen LogP contribution >= 0.6 is 38.9 Å². The van der Waals surface area contributed by atoms with Gasteiger partial charge in [-0.25, -0.2) is 4.98 Å². The van der Waals surface area contributed by atoms with Crippen LogP contribution in [-0.4, -0.2) is 10.9 Å². The number of thiazole rings is 1. The first-order valence-electron chi connectivity index (χ1n) is 9.09. The van der Waals surface area contributed by atoms with E-state index in [1.54, 1.807) is 12.3 Å². The van der Waals surface area contributed by atoms with Gasteiger partial charge >= 0.3 is 0 Å². The molecule has 150 valence electrons. The lowest BCUT2D eigenvalue weighted by atomic mass is 10.1. The van der Waals surface area contributed by atoms with E-state index in [1.165, 1.54) is 17.4 Å². The number of hydrogen-bond acceptors (Lipinski definition) is 4. The second kappa shape index (κ2) is 9.43. The van der Waals surface area contributed by atoms with Gasteiger partial charge in [-0.1, -0.05) is 51.8 Å². The first-order valence-corrected chi connectivity index (χ1v) is 11.1. The zero-order valence-corrected chi connectivity index (χ0v) is 18.8. The summed E-state index contributed by atoms with van der Waals surface area (Å²) >= 11 is 10.9. The molecule has 0 bridgehead atoms. The van der Waals surface area contributed by atoms with Gasteiger partial charge in [0.25, 0.3) is 0 Å². The molecule has 0 atom stereocenters. The molecule has 2 heterocycles. The summed E-state index contributed by atoms with van der Waals surface area (Å²) in [5, 5.41) is 4.04. The number of rotatable bonds is 6. The minimum atomic E-state index is -0.264. The molecule has 1 amide bonds. The standard InChI is InChI=1S/C23H16BrClN2O2S/c24-17-6-4-16(5-7-17)21-10-8-19(29-21)9-11-22(28)27-23-26-14-20(30-23)13-15-2-1-3-18(25)12-15/h1-12,14H,13H2,(H,26,27,28)/b11-9+. The lowest BCUT2D eigenvalue weighted by Gasteiger charge is -1.98. The van der Waals surface area contributed by atoms with Crippen molar-refractivity contribution in [3.05, 3.63) is 98.6 Å². The van der Waals surface area contributed by atoms with Crippen molar-refractivity contribution < 1.29 is 9.21 Å². The number of benzene rings is 2. The van der Waals surface area contributed by atoms with E-state index in [0.717, 1.165) is 32.7 Å². The van der Waals surface area contributed by atoms with Crippen LogP contribution in [0.5, 0.6) is 0 Å². The molecular weight excluding hydrogens is 484 g/mol. The molecule has 2 aromatic carbocycles. The summed E-state index contributed by atoms with van der Waals surface area (Å²) in [6.07, 6.45) is 5.55. The molecule has 30 heavy (non-hydrogen) atoms. The quantitative estimate of drug-likeness (QED) is 0.289. The number of carbonyl (C=O) groups is 1. The van der Waals surface area contributed by atoms with Gasteiger partial charge in [-0.2, -0.15) is 0 Å². The molecule has 4 rings (SSSR count). The van der Waals surface area contributed by atoms with Crippen LogP contribution < -0.4 is 5.32 Å². The molecule has 0 aliphatic rings. The van der Waals surface area contributed by atoms with Crippen LogP contribution in [0.4, 0.5) is 5.13 Å². The summed E-state index contributed by atoms with van der Waals surface area (Å²) in [7, 11) is 0. The van der Waals surface area contributed by atoms with Crippen LogP contribution in [0.25, 0.3) is 17.4 Å². The third-order valence-corrected chi connectivity index (χ3v) is 5.88. The van der Waals surface area contributed by atoms with Crippen LogP contribution in [0.2, 0.25) is 5.02 Å². The predicted octanol–water partition coefficient (Wildman–Crippen LogP) is 7.06. The number of hydrogen-bond donors (Lipinski definition) is 1. The minimum absolute atomic E-state index is 0.264. The van der Waals surface area contributed by atoms with Crippen molar-refractivity contribution in [1.29, 1.82) is 0 Å². The molecule has 0 saturated carbocycles. The van der Waals surface area contributed by atoms with Crippen molar-refractivity contribution in [3.63, 3.8) is 0 Å². The van der Waals surface area contributed by atoms with E-state index in [0.29, 0.717) is 15.9 Å². The van der Waals surface area contributed by atoms with Crippen LogP contribution in [0.3, 0.4) is 0 Å². The Labute approximate surface area is 191 Å². The molecular formula is C23H16BrClN2O2S. The third-order valence-electron chi connectivity index (χ3n) is 4.21. The van der Waals surface area contributed by atoms with Crippen LogP contribution in [0, 0.1) is 0 Å². The van der Waals surface area contributed by atoms with Crippen molar-refractivity contribution >= 4 is 56.0 Å². The maximum absolute atomic E-state index is 12.2. The van der Waals surface area contributed by atoms with Crippen molar-refractivity contribution in [2.75, 3.05) is 5.32 Å². The number of halogens is 2. The Hall–Kier alpha value is -2.67. The fourth-order valence-electron chi connectivity index (χ4n) is 2.81. The number of nitrogens with zero attached hydrogens (tertiary/aromatic N) is 1. The zero-order chi connectivity index (χ0) is 20.9. The van der Waals surface area contributed by atoms with Crippen LogP contribution in [0.15, 0.2) is 81.8 Å². The highest BCUT2D eigenvalue weighted by Crippen LogP contribution is 2.25. The lowest BCUT2D eigenvalue weighted by molar-refractivity contribution is -0.111. The van der Waals surface area contributed by atoms with Gasteiger partial charge in [0.15, 0.2) is 5.13 Å². The monoisotopic (exact) mass is 498 g/mol. The van der Waals surface area contributed by atoms with Gasteiger partial charge in [0.2, 0.25) is 5.91 Å². The SMILES string of the molecule is O=C(/C=C/c1ccc(-c2ccc(Br)cc2)o1)Nc1ncc(Cc2cccc(Cl)c2)s1. The van der Waals surface area contributed by atoms with E-state index in [-0.39, 0.29) is 5.91 Å². The van der Waals surface area contributed by atoms with Gasteiger partial charge in [0.1, 0.15) is 11.5 Å². The van der Waals surface area contributed by atoms with Crippen molar-refractivity contribution in [2.45, 2.75) is 6.42 Å². The molecule has 0 fully saturated rings. The highest BCUT2D eigenvalue weighted by Gasteiger charge is 2.07. The lowest BCUT2D eigenvalue weighted by Crippen LogP contribution is -2.06. The molecule has 0 aliphatic heterocycles. The number of nitrogens with one attached hydrogen (secondary N) is 1. The van der Waals surface area contributed by atoms with Gasteiger partial charge in [-0.3, -0.25) is 10.1 Å². The second-order valence-electron chi connectivity index (χ2n) is 6.47. The van der Waals surface area contributed by atoms with Gasteiger partial charge in [-0.05, 0) is 48.0 Å². The summed E-state index contributed by atoms with van der Waals surface area (Å²) in [5.41, 5.74) is 2.07. The van der Waals surface area contributed by atoms with Gasteiger partial charge < -0.3 is 4.42 Å². The number of amides is 1. The van der Waals surface area contributed by atoms with Gasteiger partial charge in [0.05, 0.1) is 0 Å². The smallest absolute Gasteiger partial charge is 0.250 e. The molecule has 1 N–H and O–H groups in total. The maximum Gasteiger partial charge on any atom is 0.250 e. The second-order valence-corrected chi connectivity index (χ2v) is 8.94. The van der Waals surface area contributed by atoms with Gasteiger partial charge in [-0.15, -0.1) is 11.3 Å². The summed E-state index contributed by atoms with van der Waals surface area (Å²) in [6.45, 7) is 0. The molecule has 4 nitrogen and oxygen atoms in total. The van der Waals surface area contributed by atoms with E-state index < -0.39 is 0 Å². The van der Waals surface area contributed by atoms with E-state index in [9.17, 15) is 4.79 Å². The first kappa shape index (κ1) is 20.6. The predicted molar refractivity (Wildman–Crippen MR) is 126 cm³/mol. The summed E-state index contributed by atoms with van der Waals surface area (Å²) in [6, 6.07) is 19.2. The summed E-state index contributed by atoms with van der Waals surface area (Å²) in [5.74, 6) is 1.08. The minimum Gasteiger partial charge on any atom is -0.457 e. The average Bonchev–Trinajstić information content (AvgIpc) is 3.37. The number of carbonyl (C=O) groups excluding carboxylic acids is 1. The first-order chi connectivity index (χ1) is 14.5. The molecule has 0 saturated heterocycles. The normalized spacial score (nSPS) is 11.1. The molecule has 0 unspecified atom stereocenters. The molecule has 4 aromatic rings. The zero-order valence-electron chi connectivity index (χ0n) is 15.6. The Morgan fingerprint density at radius 3 is 2.80 bits per heavy atom. The highest BCUT2D eigenvalue weighted by molar-refractivity contribution is 9.10. The van der Waals surface area contributed by atoms with E-state index in [4.69, 9.17) is 16.0 Å². The molecule has 0 radical (unpaired) electrons. The third kappa shape index (κ3) is 5.48. The largest absolute Gasteiger partial charge is 0.457 e. The molecule has 7 heteroatoms. The molecule has 0 aliphatic carbocycles. The Kier molecular flexibility index (Phi) is 6.47. The Morgan fingerprint density at radius 2 is 2.00 bits per heavy atom. The summed E-state index contributed by atoms with van der Waals surface area (Å²) < 4.78 is 6.79. The maximum atomic E-state index is 12.2. The van der Waals surface area contributed by atoms with E-state index in [2.05, 4.69) is 26.2 Å². The highest BCUT2D eigenvalue weighted by atomic mass is 79.9. The van der Waals surface area contributed by atoms with Crippen LogP contribution in [0.1, 0.15) is 16.2 Å². The molecule has 0 spiro atoms. The molecule has 2 aromatic heterocycles. The van der Waals surface area contributed by atoms with Crippen molar-refractivity contribution in [1.82, 2.24) is 4.98 Å². The number of aromatic nitrogens is 1. The number of furan rings is 1. The average molecular weight is 500 g/mol. The van der Waals surface area contributed by atoms with Crippen molar-refractivity contribution in [2.24, 2.45) is 0 Å². The Morgan fingerprint density at radius 1 is 1.17 bits per heavy atom. The van der Waals surface area contributed by atoms with Gasteiger partial charge in [0, 0.05) is 38.6 Å². The fraction of sp³-hybridized carbons (Fsp3) is 0.0435. The fourth-order valence-corrected chi connectivity index (χ4v) is 4.14. The Bertz CT molecular complexity index is 1200. The topological polar surface area (TPSA) is 55.1 Å². The van der Waals surface area contributed by atoms with E-state index in [1.807, 2.05) is 60.7 Å². The van der Waals surface area contributed by atoms with E-state index >= 15 is 0 Å². The van der Waals surface area contributed by atoms with Crippen LogP contribution in [-0.2, 0) is 11.2 Å². The Balaban J connectivity index is 1.35.